The summed E-state index contributed by atoms with van der Waals surface area (Å²) in [5.74, 6) is -0.122. The van der Waals surface area contributed by atoms with E-state index in [0.717, 1.165) is 22.5 Å². The molecule has 0 amide bonds. The fraction of sp³-hybridized carbons (Fsp3) is 0.0800. The van der Waals surface area contributed by atoms with Crippen LogP contribution in [0, 0.1) is 6.92 Å². The fourth-order valence-electron chi connectivity index (χ4n) is 3.17. The number of hydrogen-bond donors (Lipinski definition) is 0. The normalized spacial score (nSPS) is 10.5. The zero-order chi connectivity index (χ0) is 21.8. The number of nitrogens with zero attached hydrogens (tertiary/aromatic N) is 2. The molecule has 0 bridgehead atoms. The maximum atomic E-state index is 12.9. The van der Waals surface area contributed by atoms with Gasteiger partial charge in [-0.1, -0.05) is 48.0 Å². The molecule has 31 heavy (non-hydrogen) atoms. The molecule has 0 saturated heterocycles. The summed E-state index contributed by atoms with van der Waals surface area (Å²) in [6.07, 6.45) is 0.698. The van der Waals surface area contributed by atoms with Gasteiger partial charge >= 0.3 is 5.97 Å². The van der Waals surface area contributed by atoms with Gasteiger partial charge in [0.15, 0.2) is 17.2 Å². The summed E-state index contributed by atoms with van der Waals surface area (Å²) >= 11 is 0. The molecule has 154 valence electrons. The molecule has 0 atom stereocenters. The second kappa shape index (κ2) is 8.67. The Balaban J connectivity index is 1.73. The standard InChI is InChI=1S/C25H20N2O4/c1-17-8-11-19(12-9-17)22-15-21(26-27(22)20-6-4-3-5-7-20)25(29)31-23-13-10-18(16-28)14-24(23)30-2/h3-16H,1-2H3. The second-order valence-corrected chi connectivity index (χ2v) is 6.95. The van der Waals surface area contributed by atoms with Crippen LogP contribution in [0.2, 0.25) is 0 Å². The molecule has 0 N–H and O–H groups in total. The summed E-state index contributed by atoms with van der Waals surface area (Å²) in [5.41, 5.74) is 4.23. The molecular formula is C25H20N2O4. The van der Waals surface area contributed by atoms with E-state index in [1.165, 1.54) is 19.2 Å². The number of carbonyl (C=O) groups is 2. The van der Waals surface area contributed by atoms with Gasteiger partial charge in [0, 0.05) is 11.1 Å². The van der Waals surface area contributed by atoms with Gasteiger partial charge in [0.25, 0.3) is 0 Å². The number of aromatic nitrogens is 2. The van der Waals surface area contributed by atoms with Gasteiger partial charge in [-0.25, -0.2) is 9.48 Å². The van der Waals surface area contributed by atoms with Crippen LogP contribution in [0.25, 0.3) is 16.9 Å². The van der Waals surface area contributed by atoms with Crippen molar-refractivity contribution in [2.75, 3.05) is 7.11 Å². The highest BCUT2D eigenvalue weighted by atomic mass is 16.6. The van der Waals surface area contributed by atoms with Crippen LogP contribution < -0.4 is 9.47 Å². The number of esters is 1. The lowest BCUT2D eigenvalue weighted by Crippen LogP contribution is -2.11. The zero-order valence-corrected chi connectivity index (χ0v) is 17.1. The van der Waals surface area contributed by atoms with E-state index in [1.807, 2.05) is 61.5 Å². The van der Waals surface area contributed by atoms with Crippen molar-refractivity contribution in [1.29, 1.82) is 0 Å². The van der Waals surface area contributed by atoms with Crippen LogP contribution in [0.4, 0.5) is 0 Å². The van der Waals surface area contributed by atoms with Crippen molar-refractivity contribution >= 4 is 12.3 Å². The van der Waals surface area contributed by atoms with E-state index in [1.54, 1.807) is 16.8 Å². The van der Waals surface area contributed by atoms with Gasteiger partial charge in [0.1, 0.15) is 6.29 Å². The van der Waals surface area contributed by atoms with Crippen LogP contribution in [-0.4, -0.2) is 29.1 Å². The highest BCUT2D eigenvalue weighted by molar-refractivity contribution is 5.91. The van der Waals surface area contributed by atoms with Crippen molar-refractivity contribution < 1.29 is 19.1 Å². The lowest BCUT2D eigenvalue weighted by Gasteiger charge is -2.08. The predicted octanol–water partition coefficient (Wildman–Crippen LogP) is 4.89. The molecule has 0 unspecified atom stereocenters. The summed E-state index contributed by atoms with van der Waals surface area (Å²) < 4.78 is 12.5. The third kappa shape index (κ3) is 4.23. The lowest BCUT2D eigenvalue weighted by atomic mass is 10.1. The Hall–Kier alpha value is -4.19. The van der Waals surface area contributed by atoms with Crippen molar-refractivity contribution in [2.24, 2.45) is 0 Å². The number of methoxy groups -OCH3 is 1. The van der Waals surface area contributed by atoms with E-state index in [-0.39, 0.29) is 11.4 Å². The Morgan fingerprint density at radius 2 is 1.68 bits per heavy atom. The van der Waals surface area contributed by atoms with Crippen LogP contribution >= 0.6 is 0 Å². The summed E-state index contributed by atoms with van der Waals surface area (Å²) in [6.45, 7) is 2.02. The maximum absolute atomic E-state index is 12.9. The SMILES string of the molecule is COc1cc(C=O)ccc1OC(=O)c1cc(-c2ccc(C)cc2)n(-c2ccccc2)n1. The Labute approximate surface area is 179 Å². The van der Waals surface area contributed by atoms with Crippen molar-refractivity contribution in [2.45, 2.75) is 6.92 Å². The third-order valence-electron chi connectivity index (χ3n) is 4.79. The molecule has 0 aliphatic rings. The number of aldehydes is 1. The highest BCUT2D eigenvalue weighted by Crippen LogP contribution is 2.29. The first kappa shape index (κ1) is 20.1. The fourth-order valence-corrected chi connectivity index (χ4v) is 3.17. The van der Waals surface area contributed by atoms with Gasteiger partial charge < -0.3 is 9.47 Å². The lowest BCUT2D eigenvalue weighted by molar-refractivity contribution is 0.0723. The molecular weight excluding hydrogens is 392 g/mol. The molecule has 0 spiro atoms. The van der Waals surface area contributed by atoms with E-state index >= 15 is 0 Å². The average molecular weight is 412 g/mol. The summed E-state index contributed by atoms with van der Waals surface area (Å²) in [7, 11) is 1.45. The van der Waals surface area contributed by atoms with Gasteiger partial charge in [-0.15, -0.1) is 0 Å². The molecule has 1 aromatic heterocycles. The molecule has 1 heterocycles. The number of benzene rings is 3. The number of ether oxygens (including phenoxy) is 2. The third-order valence-corrected chi connectivity index (χ3v) is 4.79. The highest BCUT2D eigenvalue weighted by Gasteiger charge is 2.20. The number of para-hydroxylation sites is 1. The molecule has 0 aliphatic heterocycles. The molecule has 0 fully saturated rings. The first-order chi connectivity index (χ1) is 15.1. The minimum Gasteiger partial charge on any atom is -0.493 e. The van der Waals surface area contributed by atoms with Crippen LogP contribution in [0.3, 0.4) is 0 Å². The maximum Gasteiger partial charge on any atom is 0.364 e. The van der Waals surface area contributed by atoms with E-state index in [0.29, 0.717) is 17.6 Å². The minimum atomic E-state index is -0.625. The largest absolute Gasteiger partial charge is 0.493 e. The summed E-state index contributed by atoms with van der Waals surface area (Å²) in [5, 5.41) is 4.51. The quantitative estimate of drug-likeness (QED) is 0.256. The van der Waals surface area contributed by atoms with Crippen molar-refractivity contribution in [3.05, 3.63) is 95.7 Å². The topological polar surface area (TPSA) is 70.4 Å². The minimum absolute atomic E-state index is 0.154. The monoisotopic (exact) mass is 412 g/mol. The van der Waals surface area contributed by atoms with Gasteiger partial charge in [-0.2, -0.15) is 5.10 Å². The molecule has 4 aromatic rings. The van der Waals surface area contributed by atoms with Crippen LogP contribution in [0.15, 0.2) is 78.9 Å². The number of aryl methyl sites for hydroxylation is 1. The second-order valence-electron chi connectivity index (χ2n) is 6.95. The van der Waals surface area contributed by atoms with Gasteiger partial charge in [0.2, 0.25) is 0 Å². The summed E-state index contributed by atoms with van der Waals surface area (Å²) in [4.78, 5) is 23.9. The van der Waals surface area contributed by atoms with E-state index in [2.05, 4.69) is 5.10 Å². The van der Waals surface area contributed by atoms with Gasteiger partial charge in [-0.05, 0) is 43.3 Å². The Kier molecular flexibility index (Phi) is 5.62. The van der Waals surface area contributed by atoms with Gasteiger partial charge in [0.05, 0.1) is 18.5 Å². The van der Waals surface area contributed by atoms with Crippen LogP contribution in [-0.2, 0) is 0 Å². The molecule has 6 nitrogen and oxygen atoms in total. The number of carbonyl (C=O) groups excluding carboxylic acids is 2. The first-order valence-electron chi connectivity index (χ1n) is 9.67. The summed E-state index contributed by atoms with van der Waals surface area (Å²) in [6, 6.07) is 23.9. The molecule has 0 aliphatic carbocycles. The Morgan fingerprint density at radius 1 is 0.935 bits per heavy atom. The van der Waals surface area contributed by atoms with Crippen molar-refractivity contribution in [3.63, 3.8) is 0 Å². The van der Waals surface area contributed by atoms with E-state index in [9.17, 15) is 9.59 Å². The molecule has 4 rings (SSSR count). The predicted molar refractivity (Wildman–Crippen MR) is 117 cm³/mol. The Morgan fingerprint density at radius 3 is 2.35 bits per heavy atom. The van der Waals surface area contributed by atoms with E-state index in [4.69, 9.17) is 9.47 Å². The Bertz CT molecular complexity index is 1230. The van der Waals surface area contributed by atoms with Crippen LogP contribution in [0.1, 0.15) is 26.4 Å². The van der Waals surface area contributed by atoms with Crippen molar-refractivity contribution in [3.8, 4) is 28.4 Å². The van der Waals surface area contributed by atoms with Gasteiger partial charge in [-0.3, -0.25) is 4.79 Å². The average Bonchev–Trinajstić information content (AvgIpc) is 3.26. The number of hydrogen-bond acceptors (Lipinski definition) is 5. The smallest absolute Gasteiger partial charge is 0.364 e. The van der Waals surface area contributed by atoms with E-state index < -0.39 is 5.97 Å². The van der Waals surface area contributed by atoms with Crippen LogP contribution in [0.5, 0.6) is 11.5 Å². The molecule has 0 saturated carbocycles. The number of rotatable bonds is 6. The zero-order valence-electron chi connectivity index (χ0n) is 17.1. The first-order valence-corrected chi connectivity index (χ1v) is 9.67. The molecule has 6 heteroatoms. The molecule has 0 radical (unpaired) electrons. The van der Waals surface area contributed by atoms with Crippen molar-refractivity contribution in [1.82, 2.24) is 9.78 Å². The molecule has 3 aromatic carbocycles.